The molecule has 1 amide bonds. The van der Waals surface area contributed by atoms with E-state index in [2.05, 4.69) is 4.74 Å². The summed E-state index contributed by atoms with van der Waals surface area (Å²) in [5.41, 5.74) is -0.291. The van der Waals surface area contributed by atoms with E-state index in [4.69, 9.17) is 0 Å². The number of nitrogens with zero attached hydrogens (tertiary/aromatic N) is 2. The molecule has 0 atom stereocenters. The van der Waals surface area contributed by atoms with Gasteiger partial charge in [-0.3, -0.25) is 4.79 Å². The van der Waals surface area contributed by atoms with Crippen LogP contribution in [0.15, 0.2) is 48.5 Å². The molecule has 0 N–H and O–H groups in total. The van der Waals surface area contributed by atoms with Crippen LogP contribution < -0.4 is 9.64 Å². The molecule has 150 valence electrons. The Morgan fingerprint density at radius 3 is 2.29 bits per heavy atom. The number of piperazine rings is 1. The van der Waals surface area contributed by atoms with Gasteiger partial charge in [-0.2, -0.15) is 22.0 Å². The van der Waals surface area contributed by atoms with Gasteiger partial charge in [0, 0.05) is 31.9 Å². The summed E-state index contributed by atoms with van der Waals surface area (Å²) in [6, 6.07) is 10.7. The van der Waals surface area contributed by atoms with E-state index in [1.165, 1.54) is 29.2 Å². The number of rotatable bonds is 4. The first-order chi connectivity index (χ1) is 13.3. The third-order valence-electron chi connectivity index (χ3n) is 4.44. The minimum absolute atomic E-state index is 0.0234. The van der Waals surface area contributed by atoms with E-state index in [9.17, 15) is 26.7 Å². The van der Waals surface area contributed by atoms with E-state index in [1.54, 1.807) is 17.0 Å². The highest BCUT2D eigenvalue weighted by Gasteiger charge is 2.31. The summed E-state index contributed by atoms with van der Waals surface area (Å²) in [6.45, 7) is -1.90. The van der Waals surface area contributed by atoms with Crippen LogP contribution in [0.3, 0.4) is 0 Å². The second-order valence-corrected chi connectivity index (χ2v) is 6.20. The number of carbonyl (C=O) groups excluding carboxylic acids is 1. The summed E-state index contributed by atoms with van der Waals surface area (Å²) < 4.78 is 68.1. The van der Waals surface area contributed by atoms with Crippen molar-refractivity contribution in [3.05, 3.63) is 59.7 Å². The SMILES string of the molecule is O=C(c1ccccc1OC(F)F)N1CCN(c2cccc(C(F)(F)F)c2)CC1. The minimum Gasteiger partial charge on any atom is -0.434 e. The van der Waals surface area contributed by atoms with Gasteiger partial charge in [0.05, 0.1) is 11.1 Å². The van der Waals surface area contributed by atoms with Gasteiger partial charge < -0.3 is 14.5 Å². The van der Waals surface area contributed by atoms with Crippen molar-refractivity contribution < 1.29 is 31.5 Å². The van der Waals surface area contributed by atoms with Crippen LogP contribution in [-0.2, 0) is 6.18 Å². The summed E-state index contributed by atoms with van der Waals surface area (Å²) >= 11 is 0. The van der Waals surface area contributed by atoms with Crippen molar-refractivity contribution >= 4 is 11.6 Å². The van der Waals surface area contributed by atoms with Gasteiger partial charge in [0.2, 0.25) is 0 Å². The molecule has 2 aromatic rings. The van der Waals surface area contributed by atoms with Gasteiger partial charge in [-0.15, -0.1) is 0 Å². The first-order valence-electron chi connectivity index (χ1n) is 8.51. The van der Waals surface area contributed by atoms with Crippen LogP contribution in [0.25, 0.3) is 0 Å². The Balaban J connectivity index is 1.69. The third kappa shape index (κ3) is 4.52. The van der Waals surface area contributed by atoms with Crippen LogP contribution in [0.4, 0.5) is 27.6 Å². The Kier molecular flexibility index (Phi) is 5.71. The zero-order valence-electron chi connectivity index (χ0n) is 14.6. The number of hydrogen-bond donors (Lipinski definition) is 0. The Hall–Kier alpha value is -2.84. The highest BCUT2D eigenvalue weighted by molar-refractivity contribution is 5.97. The van der Waals surface area contributed by atoms with Crippen LogP contribution in [-0.4, -0.2) is 43.6 Å². The number of anilines is 1. The molecule has 28 heavy (non-hydrogen) atoms. The van der Waals surface area contributed by atoms with Crippen molar-refractivity contribution in [2.75, 3.05) is 31.1 Å². The molecule has 1 fully saturated rings. The number of ether oxygens (including phenoxy) is 1. The van der Waals surface area contributed by atoms with E-state index < -0.39 is 24.3 Å². The molecule has 1 aliphatic heterocycles. The van der Waals surface area contributed by atoms with E-state index in [0.717, 1.165) is 12.1 Å². The van der Waals surface area contributed by atoms with Gasteiger partial charge >= 0.3 is 12.8 Å². The van der Waals surface area contributed by atoms with Gasteiger partial charge in [-0.25, -0.2) is 0 Å². The maximum atomic E-state index is 12.9. The largest absolute Gasteiger partial charge is 0.434 e. The van der Waals surface area contributed by atoms with Gasteiger partial charge in [0.15, 0.2) is 0 Å². The lowest BCUT2D eigenvalue weighted by molar-refractivity contribution is -0.137. The zero-order chi connectivity index (χ0) is 20.3. The third-order valence-corrected chi connectivity index (χ3v) is 4.44. The number of hydrogen-bond acceptors (Lipinski definition) is 3. The van der Waals surface area contributed by atoms with Crippen LogP contribution in [0.1, 0.15) is 15.9 Å². The normalized spacial score (nSPS) is 15.1. The Labute approximate surface area is 158 Å². The highest BCUT2D eigenvalue weighted by atomic mass is 19.4. The van der Waals surface area contributed by atoms with Crippen molar-refractivity contribution in [2.45, 2.75) is 12.8 Å². The topological polar surface area (TPSA) is 32.8 Å². The van der Waals surface area contributed by atoms with Crippen LogP contribution in [0.2, 0.25) is 0 Å². The molecule has 0 spiro atoms. The molecule has 2 aromatic carbocycles. The maximum Gasteiger partial charge on any atom is 0.416 e. The van der Waals surface area contributed by atoms with Crippen molar-refractivity contribution in [2.24, 2.45) is 0 Å². The van der Waals surface area contributed by atoms with Gasteiger partial charge in [-0.05, 0) is 30.3 Å². The van der Waals surface area contributed by atoms with Crippen molar-refractivity contribution in [3.63, 3.8) is 0 Å². The molecular formula is C19H17F5N2O2. The Bertz CT molecular complexity index is 833. The summed E-state index contributed by atoms with van der Waals surface area (Å²) in [4.78, 5) is 15.9. The molecule has 0 unspecified atom stereocenters. The van der Waals surface area contributed by atoms with E-state index in [-0.39, 0.29) is 24.4 Å². The van der Waals surface area contributed by atoms with Gasteiger partial charge in [0.25, 0.3) is 5.91 Å². The molecule has 1 saturated heterocycles. The maximum absolute atomic E-state index is 12.9. The van der Waals surface area contributed by atoms with Crippen molar-refractivity contribution in [1.29, 1.82) is 0 Å². The quantitative estimate of drug-likeness (QED) is 0.719. The average Bonchev–Trinajstić information content (AvgIpc) is 2.67. The predicted molar refractivity (Wildman–Crippen MR) is 92.6 cm³/mol. The molecule has 0 aliphatic carbocycles. The molecule has 0 saturated carbocycles. The Morgan fingerprint density at radius 2 is 1.64 bits per heavy atom. The molecular weight excluding hydrogens is 383 g/mol. The number of para-hydroxylation sites is 1. The molecule has 1 aliphatic rings. The number of amides is 1. The lowest BCUT2D eigenvalue weighted by Crippen LogP contribution is -2.48. The number of benzene rings is 2. The minimum atomic E-state index is -4.43. The van der Waals surface area contributed by atoms with E-state index in [0.29, 0.717) is 18.8 Å². The van der Waals surface area contributed by atoms with Crippen molar-refractivity contribution in [3.8, 4) is 5.75 Å². The molecule has 0 radical (unpaired) electrons. The Morgan fingerprint density at radius 1 is 0.964 bits per heavy atom. The standard InChI is InChI=1S/C19H17F5N2O2/c20-18(21)28-16-7-2-1-6-15(16)17(27)26-10-8-25(9-11-26)14-5-3-4-13(12-14)19(22,23)24/h1-7,12,18H,8-11H2. The van der Waals surface area contributed by atoms with Crippen LogP contribution in [0.5, 0.6) is 5.75 Å². The number of halogens is 5. The summed E-state index contributed by atoms with van der Waals surface area (Å²) in [5.74, 6) is -0.664. The number of alkyl halides is 5. The fourth-order valence-electron chi connectivity index (χ4n) is 3.06. The molecule has 4 nitrogen and oxygen atoms in total. The lowest BCUT2D eigenvalue weighted by atomic mass is 10.1. The highest BCUT2D eigenvalue weighted by Crippen LogP contribution is 2.32. The molecule has 1 heterocycles. The molecule has 0 aromatic heterocycles. The molecule has 9 heteroatoms. The first-order valence-corrected chi connectivity index (χ1v) is 8.51. The molecule has 3 rings (SSSR count). The fourth-order valence-corrected chi connectivity index (χ4v) is 3.06. The summed E-state index contributed by atoms with van der Waals surface area (Å²) in [5, 5.41) is 0. The lowest BCUT2D eigenvalue weighted by Gasteiger charge is -2.36. The van der Waals surface area contributed by atoms with E-state index >= 15 is 0 Å². The van der Waals surface area contributed by atoms with Gasteiger partial charge in [-0.1, -0.05) is 18.2 Å². The molecule has 0 bridgehead atoms. The van der Waals surface area contributed by atoms with Crippen molar-refractivity contribution in [1.82, 2.24) is 4.90 Å². The zero-order valence-corrected chi connectivity index (χ0v) is 14.6. The predicted octanol–water partition coefficient (Wildman–Crippen LogP) is 4.27. The van der Waals surface area contributed by atoms with E-state index in [1.807, 2.05) is 0 Å². The van der Waals surface area contributed by atoms with Gasteiger partial charge in [0.1, 0.15) is 5.75 Å². The fraction of sp³-hybridized carbons (Fsp3) is 0.316. The second-order valence-electron chi connectivity index (χ2n) is 6.20. The van der Waals surface area contributed by atoms with Crippen LogP contribution in [0, 0.1) is 0 Å². The number of carbonyl (C=O) groups is 1. The smallest absolute Gasteiger partial charge is 0.416 e. The first kappa shape index (κ1) is 19.9. The average molecular weight is 400 g/mol. The monoisotopic (exact) mass is 400 g/mol. The summed E-state index contributed by atoms with van der Waals surface area (Å²) in [7, 11) is 0. The van der Waals surface area contributed by atoms with Crippen LogP contribution >= 0.6 is 0 Å². The summed E-state index contributed by atoms with van der Waals surface area (Å²) in [6.07, 6.45) is -4.43. The second kappa shape index (κ2) is 8.04.